The quantitative estimate of drug-likeness (QED) is 0.496. The summed E-state index contributed by atoms with van der Waals surface area (Å²) in [4.78, 5) is 34.4. The molecule has 1 atom stereocenters. The summed E-state index contributed by atoms with van der Waals surface area (Å²) in [5.74, 6) is 0.00981. The zero-order valence-electron chi connectivity index (χ0n) is 18.8. The molecule has 3 aromatic rings. The molecule has 2 aromatic carbocycles. The molecule has 0 bridgehead atoms. The van der Waals surface area contributed by atoms with E-state index in [1.807, 2.05) is 60.7 Å². The Morgan fingerprint density at radius 1 is 1.00 bits per heavy atom. The van der Waals surface area contributed by atoms with Gasteiger partial charge >= 0.3 is 0 Å². The lowest BCUT2D eigenvalue weighted by atomic mass is 9.93. The van der Waals surface area contributed by atoms with Gasteiger partial charge in [-0.15, -0.1) is 6.58 Å². The molecule has 5 heteroatoms. The van der Waals surface area contributed by atoms with E-state index in [2.05, 4.69) is 17.6 Å². The van der Waals surface area contributed by atoms with Crippen molar-refractivity contribution < 1.29 is 9.59 Å². The minimum absolute atomic E-state index is 0.0151. The summed E-state index contributed by atoms with van der Waals surface area (Å²) < 4.78 is 0. The third-order valence-corrected chi connectivity index (χ3v) is 6.15. The smallest absolute Gasteiger partial charge is 0.246 e. The number of carbonyl (C=O) groups is 2. The third kappa shape index (κ3) is 5.37. The molecule has 1 aromatic heterocycles. The summed E-state index contributed by atoms with van der Waals surface area (Å²) in [7, 11) is 0. The van der Waals surface area contributed by atoms with Crippen LogP contribution in [0.2, 0.25) is 0 Å². The summed E-state index contributed by atoms with van der Waals surface area (Å²) in [5, 5.41) is 0. The largest absolute Gasteiger partial charge is 0.335 e. The second-order valence-corrected chi connectivity index (χ2v) is 8.26. The normalized spacial score (nSPS) is 16.0. The van der Waals surface area contributed by atoms with Crippen LogP contribution in [0.4, 0.5) is 0 Å². The molecule has 1 saturated heterocycles. The van der Waals surface area contributed by atoms with Crippen LogP contribution < -0.4 is 0 Å². The number of nitrogens with zero attached hydrogens (tertiary/aromatic N) is 3. The van der Waals surface area contributed by atoms with Crippen molar-refractivity contribution in [2.75, 3.05) is 19.6 Å². The van der Waals surface area contributed by atoms with E-state index in [0.29, 0.717) is 38.9 Å². The molecule has 5 nitrogen and oxygen atoms in total. The number of hydrogen-bond acceptors (Lipinski definition) is 3. The fourth-order valence-corrected chi connectivity index (χ4v) is 4.43. The summed E-state index contributed by atoms with van der Waals surface area (Å²) in [5.41, 5.74) is 4.28. The van der Waals surface area contributed by atoms with Crippen LogP contribution in [0.5, 0.6) is 0 Å². The molecule has 4 rings (SSSR count). The van der Waals surface area contributed by atoms with E-state index in [4.69, 9.17) is 0 Å². The number of rotatable bonds is 8. The first kappa shape index (κ1) is 22.5. The molecule has 0 aliphatic carbocycles. The van der Waals surface area contributed by atoms with Crippen molar-refractivity contribution in [3.63, 3.8) is 0 Å². The number of benzene rings is 2. The number of aryl methyl sites for hydroxylation is 1. The minimum atomic E-state index is -0.523. The molecular formula is C28H29N3O2. The molecule has 0 saturated carbocycles. The van der Waals surface area contributed by atoms with Gasteiger partial charge < -0.3 is 9.80 Å². The summed E-state index contributed by atoms with van der Waals surface area (Å²) in [6.45, 7) is 5.35. The molecule has 1 aliphatic heterocycles. The summed E-state index contributed by atoms with van der Waals surface area (Å²) >= 11 is 0. The topological polar surface area (TPSA) is 53.5 Å². The van der Waals surface area contributed by atoms with E-state index < -0.39 is 6.04 Å². The van der Waals surface area contributed by atoms with Crippen molar-refractivity contribution in [3.8, 4) is 11.1 Å². The van der Waals surface area contributed by atoms with Gasteiger partial charge in [0.15, 0.2) is 0 Å². The van der Waals surface area contributed by atoms with E-state index in [9.17, 15) is 9.59 Å². The molecule has 33 heavy (non-hydrogen) atoms. The highest BCUT2D eigenvalue weighted by Gasteiger charge is 2.37. The van der Waals surface area contributed by atoms with Gasteiger partial charge in [0.1, 0.15) is 6.04 Å². The van der Waals surface area contributed by atoms with Crippen LogP contribution in [0.3, 0.4) is 0 Å². The van der Waals surface area contributed by atoms with Crippen LogP contribution in [-0.2, 0) is 22.4 Å². The van der Waals surface area contributed by atoms with E-state index in [1.54, 1.807) is 28.3 Å². The van der Waals surface area contributed by atoms with Gasteiger partial charge in [-0.1, -0.05) is 60.7 Å². The van der Waals surface area contributed by atoms with Gasteiger partial charge in [-0.25, -0.2) is 0 Å². The summed E-state index contributed by atoms with van der Waals surface area (Å²) in [6, 6.07) is 21.5. The lowest BCUT2D eigenvalue weighted by Crippen LogP contribution is -2.59. The van der Waals surface area contributed by atoms with Crippen LogP contribution in [0, 0.1) is 0 Å². The number of carbonyl (C=O) groups excluding carboxylic acids is 2. The molecule has 0 spiro atoms. The monoisotopic (exact) mass is 439 g/mol. The first-order chi connectivity index (χ1) is 16.2. The SMILES string of the molecule is C=CCN1CCN(C(=O)CCc2ccccc2)C(Cc2ccccc2-c2ccncc2)C1=O. The predicted octanol–water partition coefficient (Wildman–Crippen LogP) is 4.15. The lowest BCUT2D eigenvalue weighted by molar-refractivity contribution is -0.150. The van der Waals surface area contributed by atoms with E-state index in [0.717, 1.165) is 22.3 Å². The predicted molar refractivity (Wildman–Crippen MR) is 130 cm³/mol. The maximum Gasteiger partial charge on any atom is 0.246 e. The zero-order chi connectivity index (χ0) is 23.0. The highest BCUT2D eigenvalue weighted by atomic mass is 16.2. The first-order valence-corrected chi connectivity index (χ1v) is 11.4. The van der Waals surface area contributed by atoms with E-state index in [1.165, 1.54) is 0 Å². The molecule has 2 heterocycles. The fourth-order valence-electron chi connectivity index (χ4n) is 4.43. The van der Waals surface area contributed by atoms with Gasteiger partial charge in [0, 0.05) is 44.9 Å². The van der Waals surface area contributed by atoms with Crippen molar-refractivity contribution in [1.29, 1.82) is 0 Å². The Morgan fingerprint density at radius 2 is 1.73 bits per heavy atom. The highest BCUT2D eigenvalue weighted by molar-refractivity contribution is 5.89. The summed E-state index contributed by atoms with van der Waals surface area (Å²) in [6.07, 6.45) is 6.81. The molecule has 1 unspecified atom stereocenters. The lowest BCUT2D eigenvalue weighted by Gasteiger charge is -2.40. The number of aromatic nitrogens is 1. The number of hydrogen-bond donors (Lipinski definition) is 0. The second-order valence-electron chi connectivity index (χ2n) is 8.26. The Kier molecular flexibility index (Phi) is 7.30. The van der Waals surface area contributed by atoms with Crippen molar-refractivity contribution in [1.82, 2.24) is 14.8 Å². The Balaban J connectivity index is 1.58. The van der Waals surface area contributed by atoms with Crippen LogP contribution in [0.25, 0.3) is 11.1 Å². The Hall–Kier alpha value is -3.73. The second kappa shape index (κ2) is 10.7. The van der Waals surface area contributed by atoms with Crippen LogP contribution in [0.15, 0.2) is 91.8 Å². The van der Waals surface area contributed by atoms with Crippen molar-refractivity contribution in [3.05, 3.63) is 103 Å². The van der Waals surface area contributed by atoms with Gasteiger partial charge in [-0.3, -0.25) is 14.6 Å². The molecule has 0 radical (unpaired) electrons. The molecular weight excluding hydrogens is 410 g/mol. The number of piperazine rings is 1. The Labute approximate surface area is 195 Å². The van der Waals surface area contributed by atoms with Crippen LogP contribution in [0.1, 0.15) is 17.5 Å². The average molecular weight is 440 g/mol. The van der Waals surface area contributed by atoms with Gasteiger partial charge in [-0.05, 0) is 40.8 Å². The zero-order valence-corrected chi connectivity index (χ0v) is 18.8. The average Bonchev–Trinajstić information content (AvgIpc) is 2.86. The molecule has 2 amide bonds. The third-order valence-electron chi connectivity index (χ3n) is 6.15. The molecule has 168 valence electrons. The maximum absolute atomic E-state index is 13.4. The van der Waals surface area contributed by atoms with Gasteiger partial charge in [0.05, 0.1) is 0 Å². The molecule has 0 N–H and O–H groups in total. The van der Waals surface area contributed by atoms with Crippen molar-refractivity contribution in [2.24, 2.45) is 0 Å². The number of pyridine rings is 1. The standard InChI is InChI=1S/C28H29N3O2/c1-2-18-30-19-20-31(27(32)13-12-22-8-4-3-5-9-22)26(28(30)33)21-24-10-6-7-11-25(24)23-14-16-29-17-15-23/h2-11,14-17,26H,1,12-13,18-21H2. The first-order valence-electron chi connectivity index (χ1n) is 11.4. The highest BCUT2D eigenvalue weighted by Crippen LogP contribution is 2.27. The molecule has 1 fully saturated rings. The number of amides is 2. The molecule has 1 aliphatic rings. The van der Waals surface area contributed by atoms with Gasteiger partial charge in [0.2, 0.25) is 11.8 Å². The van der Waals surface area contributed by atoms with E-state index in [-0.39, 0.29) is 11.8 Å². The minimum Gasteiger partial charge on any atom is -0.335 e. The van der Waals surface area contributed by atoms with Gasteiger partial charge in [-0.2, -0.15) is 0 Å². The van der Waals surface area contributed by atoms with Crippen molar-refractivity contribution in [2.45, 2.75) is 25.3 Å². The Bertz CT molecular complexity index is 1100. The van der Waals surface area contributed by atoms with Crippen LogP contribution >= 0.6 is 0 Å². The van der Waals surface area contributed by atoms with Crippen LogP contribution in [-0.4, -0.2) is 52.3 Å². The maximum atomic E-state index is 13.4. The van der Waals surface area contributed by atoms with E-state index >= 15 is 0 Å². The Morgan fingerprint density at radius 3 is 2.48 bits per heavy atom. The van der Waals surface area contributed by atoms with Crippen molar-refractivity contribution >= 4 is 11.8 Å². The fraction of sp³-hybridized carbons (Fsp3) is 0.250. The van der Waals surface area contributed by atoms with Gasteiger partial charge in [0.25, 0.3) is 0 Å².